The van der Waals surface area contributed by atoms with Gasteiger partial charge in [0.05, 0.1) is 17.3 Å². The van der Waals surface area contributed by atoms with E-state index in [1.54, 1.807) is 24.5 Å². The molecule has 5 N–H and O–H groups in total. The molecule has 0 aliphatic carbocycles. The van der Waals surface area contributed by atoms with Crippen LogP contribution in [-0.4, -0.2) is 64.0 Å². The fourth-order valence-corrected chi connectivity index (χ4v) is 4.49. The van der Waals surface area contributed by atoms with E-state index in [-0.39, 0.29) is 5.56 Å². The number of aromatic amines is 1. The van der Waals surface area contributed by atoms with E-state index in [9.17, 15) is 4.79 Å². The van der Waals surface area contributed by atoms with E-state index in [0.717, 1.165) is 56.8 Å². The Kier molecular flexibility index (Phi) is 7.11. The van der Waals surface area contributed by atoms with Crippen molar-refractivity contribution in [3.63, 3.8) is 0 Å². The number of aromatic nitrogens is 3. The molecule has 0 radical (unpaired) electrons. The summed E-state index contributed by atoms with van der Waals surface area (Å²) in [5.41, 5.74) is 8.29. The molecule has 0 unspecified atom stereocenters. The lowest BCUT2D eigenvalue weighted by Crippen LogP contribution is -2.46. The van der Waals surface area contributed by atoms with Crippen LogP contribution < -0.4 is 21.9 Å². The van der Waals surface area contributed by atoms with Gasteiger partial charge in [0.25, 0.3) is 5.56 Å². The molecule has 0 bridgehead atoms. The highest BCUT2D eigenvalue weighted by Gasteiger charge is 2.15. The average molecular weight is 485 g/mol. The van der Waals surface area contributed by atoms with E-state index >= 15 is 0 Å². The van der Waals surface area contributed by atoms with E-state index in [2.05, 4.69) is 54.4 Å². The zero-order valence-corrected chi connectivity index (χ0v) is 20.5. The number of H-pyrrole nitrogens is 1. The first kappa shape index (κ1) is 23.8. The third kappa shape index (κ3) is 5.64. The molecule has 5 rings (SSSR count). The number of benzene rings is 1. The molecule has 0 amide bonds. The summed E-state index contributed by atoms with van der Waals surface area (Å²) in [5, 5.41) is 7.81. The van der Waals surface area contributed by atoms with Crippen LogP contribution in [0.25, 0.3) is 10.8 Å². The van der Waals surface area contributed by atoms with Crippen LogP contribution in [0.15, 0.2) is 65.7 Å². The van der Waals surface area contributed by atoms with Crippen molar-refractivity contribution in [1.82, 2.24) is 24.8 Å². The molecule has 1 aromatic carbocycles. The monoisotopic (exact) mass is 484 g/mol. The van der Waals surface area contributed by atoms with Crippen molar-refractivity contribution < 1.29 is 0 Å². The molecule has 4 heterocycles. The molecule has 0 spiro atoms. The van der Waals surface area contributed by atoms with Crippen LogP contribution in [0.3, 0.4) is 0 Å². The van der Waals surface area contributed by atoms with Crippen LogP contribution in [0.2, 0.25) is 0 Å². The third-order valence-corrected chi connectivity index (χ3v) is 6.64. The van der Waals surface area contributed by atoms with E-state index < -0.39 is 0 Å². The number of nitrogens with one attached hydrogen (secondary N) is 3. The first-order valence-electron chi connectivity index (χ1n) is 12.4. The highest BCUT2D eigenvalue weighted by atomic mass is 16.1. The zero-order valence-electron chi connectivity index (χ0n) is 20.5. The Bertz CT molecular complexity index is 1360. The summed E-state index contributed by atoms with van der Waals surface area (Å²) in [6.07, 6.45) is 4.23. The Balaban J connectivity index is 1.31. The van der Waals surface area contributed by atoms with Crippen LogP contribution in [-0.2, 0) is 6.42 Å². The standard InChI is InChI=1S/C27H32N8O/c1-2-34-13-15-35(16-14-34)12-10-19-3-6-22(7-4-19)31-26-25-20(9-11-29-27(25)36)17-24(33-26)32-23-8-5-21(28)18-30-23/h3-9,11,17-18H,2,10,12-16,28H2,1H3,(H,29,36)(H2,30,31,32,33). The maximum atomic E-state index is 12.6. The second-order valence-corrected chi connectivity index (χ2v) is 9.08. The van der Waals surface area contributed by atoms with E-state index in [4.69, 9.17) is 5.73 Å². The SMILES string of the molecule is CCN1CCN(CCc2ccc(Nc3nc(Nc4ccc(N)cn4)cc4cc[nH]c(=O)c34)cc2)CC1. The second-order valence-electron chi connectivity index (χ2n) is 9.08. The average Bonchev–Trinajstić information content (AvgIpc) is 2.90. The summed E-state index contributed by atoms with van der Waals surface area (Å²) in [5.74, 6) is 1.67. The van der Waals surface area contributed by atoms with Gasteiger partial charge in [-0.2, -0.15) is 0 Å². The number of nitrogens with two attached hydrogens (primary N) is 1. The number of pyridine rings is 3. The van der Waals surface area contributed by atoms with Gasteiger partial charge in [-0.3, -0.25) is 4.79 Å². The summed E-state index contributed by atoms with van der Waals surface area (Å²) in [6, 6.07) is 15.6. The van der Waals surface area contributed by atoms with E-state index in [1.165, 1.54) is 5.56 Å². The Labute approximate surface area is 210 Å². The maximum absolute atomic E-state index is 12.6. The first-order chi connectivity index (χ1) is 17.6. The molecule has 36 heavy (non-hydrogen) atoms. The molecule has 9 heteroatoms. The summed E-state index contributed by atoms with van der Waals surface area (Å²) >= 11 is 0. The Morgan fingerprint density at radius 3 is 2.47 bits per heavy atom. The minimum absolute atomic E-state index is 0.195. The maximum Gasteiger partial charge on any atom is 0.259 e. The predicted octanol–water partition coefficient (Wildman–Crippen LogP) is 3.57. The van der Waals surface area contributed by atoms with E-state index in [0.29, 0.717) is 28.5 Å². The molecule has 4 aromatic rings. The number of piperazine rings is 1. The van der Waals surface area contributed by atoms with Crippen LogP contribution in [0, 0.1) is 0 Å². The number of fused-ring (bicyclic) bond motifs is 1. The normalized spacial score (nSPS) is 14.7. The third-order valence-electron chi connectivity index (χ3n) is 6.64. The summed E-state index contributed by atoms with van der Waals surface area (Å²) in [7, 11) is 0. The van der Waals surface area contributed by atoms with Crippen molar-refractivity contribution >= 4 is 39.6 Å². The van der Waals surface area contributed by atoms with Gasteiger partial charge in [0.15, 0.2) is 0 Å². The van der Waals surface area contributed by atoms with E-state index in [1.807, 2.05) is 24.3 Å². The van der Waals surface area contributed by atoms with Gasteiger partial charge >= 0.3 is 0 Å². The van der Waals surface area contributed by atoms with Crippen LogP contribution >= 0.6 is 0 Å². The quantitative estimate of drug-likeness (QED) is 0.300. The van der Waals surface area contributed by atoms with Crippen molar-refractivity contribution in [2.75, 3.05) is 55.6 Å². The van der Waals surface area contributed by atoms with Crippen LogP contribution in [0.5, 0.6) is 0 Å². The largest absolute Gasteiger partial charge is 0.397 e. The van der Waals surface area contributed by atoms with Crippen molar-refractivity contribution in [3.05, 3.63) is 76.8 Å². The van der Waals surface area contributed by atoms with Crippen LogP contribution in [0.4, 0.5) is 28.8 Å². The molecular formula is C27H32N8O. The van der Waals surface area contributed by atoms with Crippen molar-refractivity contribution in [1.29, 1.82) is 0 Å². The number of nitrogen functional groups attached to an aromatic ring is 1. The van der Waals surface area contributed by atoms with Gasteiger partial charge in [-0.25, -0.2) is 9.97 Å². The predicted molar refractivity (Wildman–Crippen MR) is 146 cm³/mol. The van der Waals surface area contributed by atoms with Gasteiger partial charge in [0.1, 0.15) is 17.5 Å². The van der Waals surface area contributed by atoms with Gasteiger partial charge in [-0.15, -0.1) is 0 Å². The molecule has 0 saturated carbocycles. The van der Waals surface area contributed by atoms with Gasteiger partial charge in [0, 0.05) is 44.6 Å². The number of nitrogens with zero attached hydrogens (tertiary/aromatic N) is 4. The lowest BCUT2D eigenvalue weighted by Gasteiger charge is -2.34. The topological polar surface area (TPSA) is 115 Å². The van der Waals surface area contributed by atoms with Gasteiger partial charge < -0.3 is 31.2 Å². The van der Waals surface area contributed by atoms with Crippen LogP contribution in [0.1, 0.15) is 12.5 Å². The molecule has 0 atom stereocenters. The first-order valence-corrected chi connectivity index (χ1v) is 12.4. The Morgan fingerprint density at radius 1 is 0.972 bits per heavy atom. The lowest BCUT2D eigenvalue weighted by atomic mass is 10.1. The fraction of sp³-hybridized carbons (Fsp3) is 0.296. The smallest absolute Gasteiger partial charge is 0.259 e. The second kappa shape index (κ2) is 10.8. The molecule has 3 aromatic heterocycles. The Hall–Kier alpha value is -3.95. The molecule has 1 saturated heterocycles. The molecule has 186 valence electrons. The minimum atomic E-state index is -0.195. The summed E-state index contributed by atoms with van der Waals surface area (Å²) < 4.78 is 0. The highest BCUT2D eigenvalue weighted by molar-refractivity contribution is 5.94. The number of likely N-dealkylation sites (N-methyl/N-ethyl adjacent to an activating group) is 1. The summed E-state index contributed by atoms with van der Waals surface area (Å²) in [4.78, 5) is 29.4. The molecular weight excluding hydrogens is 452 g/mol. The fourth-order valence-electron chi connectivity index (χ4n) is 4.49. The highest BCUT2D eigenvalue weighted by Crippen LogP contribution is 2.26. The Morgan fingerprint density at radius 2 is 1.75 bits per heavy atom. The lowest BCUT2D eigenvalue weighted by molar-refractivity contribution is 0.138. The van der Waals surface area contributed by atoms with Gasteiger partial charge in [0.2, 0.25) is 0 Å². The molecule has 1 fully saturated rings. The molecule has 1 aliphatic heterocycles. The zero-order chi connectivity index (χ0) is 24.9. The number of rotatable bonds is 8. The van der Waals surface area contributed by atoms with Crippen molar-refractivity contribution in [2.45, 2.75) is 13.3 Å². The summed E-state index contributed by atoms with van der Waals surface area (Å²) in [6.45, 7) is 9.01. The molecule has 1 aliphatic rings. The number of hydrogen-bond donors (Lipinski definition) is 4. The number of hydrogen-bond acceptors (Lipinski definition) is 8. The van der Waals surface area contributed by atoms with Gasteiger partial charge in [-0.05, 0) is 60.3 Å². The number of anilines is 5. The molecule has 9 nitrogen and oxygen atoms in total. The van der Waals surface area contributed by atoms with Gasteiger partial charge in [-0.1, -0.05) is 19.1 Å². The van der Waals surface area contributed by atoms with Crippen molar-refractivity contribution in [3.8, 4) is 0 Å². The minimum Gasteiger partial charge on any atom is -0.397 e. The van der Waals surface area contributed by atoms with Crippen molar-refractivity contribution in [2.24, 2.45) is 0 Å².